The Bertz CT molecular complexity index is 414. The highest BCUT2D eigenvalue weighted by Crippen LogP contribution is 2.33. The van der Waals surface area contributed by atoms with Crippen molar-refractivity contribution in [1.82, 2.24) is 5.32 Å². The minimum absolute atomic E-state index is 0.212. The molecule has 0 radical (unpaired) electrons. The van der Waals surface area contributed by atoms with Crippen LogP contribution in [0.1, 0.15) is 5.56 Å². The van der Waals surface area contributed by atoms with Crippen molar-refractivity contribution in [1.29, 1.82) is 0 Å². The van der Waals surface area contributed by atoms with E-state index in [9.17, 15) is 0 Å². The van der Waals surface area contributed by atoms with E-state index in [0.29, 0.717) is 6.61 Å². The third kappa shape index (κ3) is 3.29. The van der Waals surface area contributed by atoms with E-state index in [-0.39, 0.29) is 5.92 Å². The number of halogens is 1. The van der Waals surface area contributed by atoms with Crippen LogP contribution in [0.15, 0.2) is 40.3 Å². The molecule has 0 amide bonds. The minimum Gasteiger partial charge on any atom is -0.384 e. The molecule has 0 spiro atoms. The van der Waals surface area contributed by atoms with E-state index in [1.807, 2.05) is 11.6 Å². The predicted octanol–water partition coefficient (Wildman–Crippen LogP) is 2.67. The summed E-state index contributed by atoms with van der Waals surface area (Å²) in [5.74, 6) is 0.212. The molecule has 0 saturated heterocycles. The van der Waals surface area contributed by atoms with Crippen molar-refractivity contribution in [2.24, 2.45) is 11.7 Å². The summed E-state index contributed by atoms with van der Waals surface area (Å²) in [5.41, 5.74) is 7.63. The van der Waals surface area contributed by atoms with Gasteiger partial charge >= 0.3 is 0 Å². The zero-order chi connectivity index (χ0) is 13.0. The molecular formula is C13H17BrN2OS. The Morgan fingerprint density at radius 1 is 1.44 bits per heavy atom. The first-order chi connectivity index (χ1) is 8.64. The molecule has 1 aromatic rings. The van der Waals surface area contributed by atoms with Crippen molar-refractivity contribution >= 4 is 27.7 Å². The lowest BCUT2D eigenvalue weighted by Crippen LogP contribution is -2.54. The van der Waals surface area contributed by atoms with Gasteiger partial charge < -0.3 is 10.1 Å². The van der Waals surface area contributed by atoms with Gasteiger partial charge in [-0.25, -0.2) is 0 Å². The summed E-state index contributed by atoms with van der Waals surface area (Å²) >= 11 is 5.06. The molecule has 2 atom stereocenters. The highest BCUT2D eigenvalue weighted by molar-refractivity contribution is 9.10. The standard InChI is InChI=1S/C13H17BrN2OS/c1-17-9-11(13(15)16-6-7-18-13)8-10-2-4-12(14)5-3-10/h2-7,11,16H,8-9,15H2,1H3. The fourth-order valence-electron chi connectivity index (χ4n) is 2.00. The van der Waals surface area contributed by atoms with Crippen molar-refractivity contribution in [3.63, 3.8) is 0 Å². The largest absolute Gasteiger partial charge is 0.384 e. The van der Waals surface area contributed by atoms with E-state index >= 15 is 0 Å². The first-order valence-corrected chi connectivity index (χ1v) is 7.44. The lowest BCUT2D eigenvalue weighted by atomic mass is 9.97. The van der Waals surface area contributed by atoms with Crippen LogP contribution in [0.4, 0.5) is 0 Å². The first-order valence-electron chi connectivity index (χ1n) is 5.77. The van der Waals surface area contributed by atoms with Crippen LogP contribution >= 0.6 is 27.7 Å². The van der Waals surface area contributed by atoms with E-state index in [2.05, 4.69) is 45.5 Å². The molecule has 1 aromatic carbocycles. The molecule has 1 aliphatic rings. The number of methoxy groups -OCH3 is 1. The molecule has 0 aliphatic carbocycles. The van der Waals surface area contributed by atoms with Crippen molar-refractivity contribution in [2.45, 2.75) is 11.4 Å². The second kappa shape index (κ2) is 6.10. The van der Waals surface area contributed by atoms with Crippen LogP contribution in [0.25, 0.3) is 0 Å². The molecule has 0 aromatic heterocycles. The minimum atomic E-state index is -0.469. The fourth-order valence-corrected chi connectivity index (χ4v) is 3.11. The molecule has 3 nitrogen and oxygen atoms in total. The van der Waals surface area contributed by atoms with Gasteiger partial charge in [-0.05, 0) is 29.5 Å². The summed E-state index contributed by atoms with van der Waals surface area (Å²) in [4.78, 5) is -0.469. The molecular weight excluding hydrogens is 312 g/mol. The molecule has 3 N–H and O–H groups in total. The van der Waals surface area contributed by atoms with Gasteiger partial charge in [-0.15, -0.1) is 0 Å². The van der Waals surface area contributed by atoms with Crippen LogP contribution in [-0.4, -0.2) is 18.7 Å². The summed E-state index contributed by atoms with van der Waals surface area (Å²) in [6.07, 6.45) is 2.79. The van der Waals surface area contributed by atoms with Crippen molar-refractivity contribution in [3.05, 3.63) is 45.9 Å². The smallest absolute Gasteiger partial charge is 0.143 e. The summed E-state index contributed by atoms with van der Waals surface area (Å²) in [6, 6.07) is 8.33. The number of rotatable bonds is 5. The molecule has 2 unspecified atom stereocenters. The Kier molecular flexibility index (Phi) is 4.72. The summed E-state index contributed by atoms with van der Waals surface area (Å²) in [7, 11) is 1.71. The quantitative estimate of drug-likeness (QED) is 0.872. The SMILES string of the molecule is COCC(Cc1ccc(Br)cc1)C1(N)NC=CS1. The lowest BCUT2D eigenvalue weighted by Gasteiger charge is -2.33. The van der Waals surface area contributed by atoms with Crippen LogP contribution in [0.5, 0.6) is 0 Å². The van der Waals surface area contributed by atoms with Gasteiger partial charge in [0.2, 0.25) is 0 Å². The average molecular weight is 329 g/mol. The van der Waals surface area contributed by atoms with Crippen LogP contribution in [0, 0.1) is 5.92 Å². The second-order valence-electron chi connectivity index (χ2n) is 4.34. The van der Waals surface area contributed by atoms with Crippen molar-refractivity contribution < 1.29 is 4.74 Å². The van der Waals surface area contributed by atoms with Crippen molar-refractivity contribution in [2.75, 3.05) is 13.7 Å². The molecule has 0 saturated carbocycles. The fraction of sp³-hybridized carbons (Fsp3) is 0.385. The van der Waals surface area contributed by atoms with Crippen LogP contribution < -0.4 is 11.1 Å². The molecule has 18 heavy (non-hydrogen) atoms. The third-order valence-corrected chi connectivity index (χ3v) is 4.65. The van der Waals surface area contributed by atoms with E-state index in [1.54, 1.807) is 18.9 Å². The number of nitrogens with one attached hydrogen (secondary N) is 1. The summed E-state index contributed by atoms with van der Waals surface area (Å²) in [5, 5.41) is 5.21. The normalized spacial score (nSPS) is 23.9. The number of benzene rings is 1. The van der Waals surface area contributed by atoms with E-state index in [1.165, 1.54) is 5.56 Å². The lowest BCUT2D eigenvalue weighted by molar-refractivity contribution is 0.127. The van der Waals surface area contributed by atoms with Crippen LogP contribution in [0.2, 0.25) is 0 Å². The zero-order valence-electron chi connectivity index (χ0n) is 10.2. The average Bonchev–Trinajstić information content (AvgIpc) is 2.80. The Labute approximate surface area is 120 Å². The van der Waals surface area contributed by atoms with Gasteiger partial charge in [0.25, 0.3) is 0 Å². The molecule has 0 bridgehead atoms. The molecule has 0 fully saturated rings. The third-order valence-electron chi connectivity index (χ3n) is 3.01. The molecule has 1 aliphatic heterocycles. The highest BCUT2D eigenvalue weighted by Gasteiger charge is 2.36. The Hall–Kier alpha value is -0.490. The van der Waals surface area contributed by atoms with E-state index in [4.69, 9.17) is 10.5 Å². The monoisotopic (exact) mass is 328 g/mol. The number of hydrogen-bond donors (Lipinski definition) is 2. The van der Waals surface area contributed by atoms with Crippen LogP contribution in [0.3, 0.4) is 0 Å². The first kappa shape index (κ1) is 13.9. The van der Waals surface area contributed by atoms with Crippen LogP contribution in [-0.2, 0) is 11.2 Å². The maximum absolute atomic E-state index is 6.37. The number of nitrogens with two attached hydrogens (primary N) is 1. The summed E-state index contributed by atoms with van der Waals surface area (Å²) in [6.45, 7) is 0.633. The Morgan fingerprint density at radius 2 is 2.17 bits per heavy atom. The molecule has 5 heteroatoms. The highest BCUT2D eigenvalue weighted by atomic mass is 79.9. The van der Waals surface area contributed by atoms with Gasteiger partial charge in [-0.2, -0.15) is 0 Å². The van der Waals surface area contributed by atoms with E-state index in [0.717, 1.165) is 10.9 Å². The Balaban J connectivity index is 2.08. The number of thioether (sulfide) groups is 1. The van der Waals surface area contributed by atoms with Gasteiger partial charge in [-0.1, -0.05) is 39.8 Å². The molecule has 98 valence electrons. The number of hydrogen-bond acceptors (Lipinski definition) is 4. The van der Waals surface area contributed by atoms with Crippen molar-refractivity contribution in [3.8, 4) is 0 Å². The summed E-state index contributed by atoms with van der Waals surface area (Å²) < 4.78 is 6.40. The van der Waals surface area contributed by atoms with E-state index < -0.39 is 4.99 Å². The number of ether oxygens (including phenoxy) is 1. The molecule has 1 heterocycles. The zero-order valence-corrected chi connectivity index (χ0v) is 12.6. The van der Waals surface area contributed by atoms with Gasteiger partial charge in [0, 0.05) is 23.7 Å². The van der Waals surface area contributed by atoms with Gasteiger partial charge in [-0.3, -0.25) is 5.73 Å². The predicted molar refractivity (Wildman–Crippen MR) is 80.0 cm³/mol. The van der Waals surface area contributed by atoms with Gasteiger partial charge in [0.15, 0.2) is 0 Å². The maximum atomic E-state index is 6.37. The Morgan fingerprint density at radius 3 is 2.72 bits per heavy atom. The second-order valence-corrected chi connectivity index (χ2v) is 6.44. The topological polar surface area (TPSA) is 47.3 Å². The van der Waals surface area contributed by atoms with Gasteiger partial charge in [0.05, 0.1) is 6.61 Å². The van der Waals surface area contributed by atoms with Gasteiger partial charge in [0.1, 0.15) is 4.99 Å². The molecule has 2 rings (SSSR count). The maximum Gasteiger partial charge on any atom is 0.143 e.